The predicted molar refractivity (Wildman–Crippen MR) is 248 cm³/mol. The third-order valence-corrected chi connectivity index (χ3v) is 8.27. The molecule has 0 amide bonds. The van der Waals surface area contributed by atoms with Gasteiger partial charge in [0.2, 0.25) is 0 Å². The van der Waals surface area contributed by atoms with Crippen molar-refractivity contribution in [1.82, 2.24) is 0 Å². The lowest BCUT2D eigenvalue weighted by Crippen LogP contribution is -2.26. The summed E-state index contributed by atoms with van der Waals surface area (Å²) >= 11 is 0. The van der Waals surface area contributed by atoms with E-state index in [9.17, 15) is 0 Å². The second-order valence-electron chi connectivity index (χ2n) is 10.1. The molecule has 0 heterocycles. The monoisotopic (exact) mass is 724 g/mol. The number of hydrogen-bond donors (Lipinski definition) is 0. The van der Waals surface area contributed by atoms with E-state index in [4.69, 9.17) is 0 Å². The summed E-state index contributed by atoms with van der Waals surface area (Å²) in [5, 5.41) is 0. The molecule has 0 saturated heterocycles. The van der Waals surface area contributed by atoms with Gasteiger partial charge in [-0.15, -0.1) is 0 Å². The standard InChI is InChI=1S/C37H25N.8C2H6/c1-3-14-26(15-4-1)38(27-16-5-2-6-17-27)35-25-13-24-34-36(35)30-20-9-12-23-33(30)37(34)31-21-10-7-18-28(31)29-19-8-11-22-32(29)37;8*1-2/h1-25H;8*1-2H3. The fourth-order valence-electron chi connectivity index (χ4n) is 6.89. The third-order valence-electron chi connectivity index (χ3n) is 8.27. The molecule has 0 unspecified atom stereocenters. The Labute approximate surface area is 333 Å². The van der Waals surface area contributed by atoms with Crippen LogP contribution in [0.15, 0.2) is 152 Å². The fourth-order valence-corrected chi connectivity index (χ4v) is 6.89. The average Bonchev–Trinajstić information content (AvgIpc) is 3.78. The molecule has 2 aliphatic rings. The summed E-state index contributed by atoms with van der Waals surface area (Å²) in [7, 11) is 0. The van der Waals surface area contributed by atoms with E-state index in [0.29, 0.717) is 0 Å². The Morgan fingerprint density at radius 2 is 0.574 bits per heavy atom. The largest absolute Gasteiger partial charge is 0.310 e. The van der Waals surface area contributed by atoms with E-state index in [1.165, 1.54) is 50.2 Å². The molecule has 6 aromatic carbocycles. The van der Waals surface area contributed by atoms with Gasteiger partial charge < -0.3 is 4.90 Å². The van der Waals surface area contributed by atoms with Crippen molar-refractivity contribution in [1.29, 1.82) is 0 Å². The number of rotatable bonds is 3. The van der Waals surface area contributed by atoms with Crippen molar-refractivity contribution < 1.29 is 0 Å². The van der Waals surface area contributed by atoms with E-state index in [-0.39, 0.29) is 5.41 Å². The van der Waals surface area contributed by atoms with Crippen molar-refractivity contribution in [3.63, 3.8) is 0 Å². The summed E-state index contributed by atoms with van der Waals surface area (Å²) in [5.41, 5.74) is 13.9. The molecular weight excluding hydrogens is 651 g/mol. The summed E-state index contributed by atoms with van der Waals surface area (Å²) in [6.07, 6.45) is 0. The Morgan fingerprint density at radius 1 is 0.278 bits per heavy atom. The number of nitrogens with zero attached hydrogens (tertiary/aromatic N) is 1. The van der Waals surface area contributed by atoms with Crippen LogP contribution in [0, 0.1) is 0 Å². The predicted octanol–water partition coefficient (Wildman–Crippen LogP) is 17.7. The Morgan fingerprint density at radius 3 is 0.963 bits per heavy atom. The van der Waals surface area contributed by atoms with Crippen molar-refractivity contribution >= 4 is 17.1 Å². The van der Waals surface area contributed by atoms with Crippen LogP contribution < -0.4 is 4.90 Å². The molecule has 54 heavy (non-hydrogen) atoms. The second kappa shape index (κ2) is 27.7. The highest BCUT2D eigenvalue weighted by atomic mass is 15.1. The summed E-state index contributed by atoms with van der Waals surface area (Å²) in [5.74, 6) is 0. The lowest BCUT2D eigenvalue weighted by molar-refractivity contribution is 0.794. The molecule has 0 N–H and O–H groups in total. The summed E-state index contributed by atoms with van der Waals surface area (Å²) < 4.78 is 0. The lowest BCUT2D eigenvalue weighted by Gasteiger charge is -2.31. The van der Waals surface area contributed by atoms with Crippen molar-refractivity contribution in [2.45, 2.75) is 116 Å². The minimum Gasteiger partial charge on any atom is -0.310 e. The van der Waals surface area contributed by atoms with Gasteiger partial charge in [0.1, 0.15) is 0 Å². The van der Waals surface area contributed by atoms with Crippen molar-refractivity contribution in [3.8, 4) is 22.3 Å². The number of benzene rings is 6. The maximum absolute atomic E-state index is 2.40. The number of anilines is 3. The van der Waals surface area contributed by atoms with E-state index < -0.39 is 0 Å². The zero-order chi connectivity index (χ0) is 41.1. The van der Waals surface area contributed by atoms with Crippen LogP contribution in [0.3, 0.4) is 0 Å². The van der Waals surface area contributed by atoms with Crippen LogP contribution in [-0.4, -0.2) is 0 Å². The highest BCUT2D eigenvalue weighted by Crippen LogP contribution is 2.64. The molecular formula is C53H73N. The first-order valence-electron chi connectivity index (χ1n) is 21.2. The molecule has 1 spiro atoms. The van der Waals surface area contributed by atoms with Crippen LogP contribution in [-0.2, 0) is 5.41 Å². The summed E-state index contributed by atoms with van der Waals surface area (Å²) in [6, 6.07) is 55.3. The topological polar surface area (TPSA) is 3.24 Å². The SMILES string of the molecule is CC.CC.CC.CC.CC.CC.CC.CC.c1ccc(N(c2ccccc2)c2cccc3c2-c2ccccc2C32c3ccccc3-c3ccccc32)cc1. The van der Waals surface area contributed by atoms with Crippen LogP contribution >= 0.6 is 0 Å². The Kier molecular flexibility index (Phi) is 25.2. The van der Waals surface area contributed by atoms with E-state index >= 15 is 0 Å². The van der Waals surface area contributed by atoms with Gasteiger partial charge in [0.15, 0.2) is 0 Å². The molecule has 290 valence electrons. The van der Waals surface area contributed by atoms with E-state index in [0.717, 1.165) is 11.4 Å². The van der Waals surface area contributed by atoms with E-state index in [1.54, 1.807) is 0 Å². The van der Waals surface area contributed by atoms with Crippen LogP contribution in [0.25, 0.3) is 22.3 Å². The van der Waals surface area contributed by atoms with Crippen LogP contribution in [0.4, 0.5) is 17.1 Å². The average molecular weight is 724 g/mol. The molecule has 8 rings (SSSR count). The van der Waals surface area contributed by atoms with Crippen molar-refractivity contribution in [2.75, 3.05) is 4.90 Å². The molecule has 6 aromatic rings. The number of fused-ring (bicyclic) bond motifs is 10. The molecule has 0 fully saturated rings. The van der Waals surface area contributed by atoms with Gasteiger partial charge in [-0.3, -0.25) is 0 Å². The quantitative estimate of drug-likeness (QED) is 0.175. The Hall–Kier alpha value is -4.88. The molecule has 2 aliphatic carbocycles. The molecule has 0 saturated carbocycles. The highest BCUT2D eigenvalue weighted by molar-refractivity contribution is 6.00. The smallest absolute Gasteiger partial charge is 0.0726 e. The molecule has 0 aliphatic heterocycles. The van der Waals surface area contributed by atoms with Gasteiger partial charge in [0.05, 0.1) is 11.1 Å². The first-order valence-corrected chi connectivity index (χ1v) is 21.2. The summed E-state index contributed by atoms with van der Waals surface area (Å²) in [6.45, 7) is 32.0. The highest BCUT2D eigenvalue weighted by Gasteiger charge is 2.52. The molecule has 0 bridgehead atoms. The second-order valence-corrected chi connectivity index (χ2v) is 10.1. The minimum atomic E-state index is -0.339. The molecule has 0 atom stereocenters. The van der Waals surface area contributed by atoms with E-state index in [1.807, 2.05) is 111 Å². The Bertz CT molecular complexity index is 1730. The summed E-state index contributed by atoms with van der Waals surface area (Å²) in [4.78, 5) is 2.40. The van der Waals surface area contributed by atoms with Crippen LogP contribution in [0.2, 0.25) is 0 Å². The van der Waals surface area contributed by atoms with Gasteiger partial charge in [-0.25, -0.2) is 0 Å². The Balaban J connectivity index is 0.00000157. The number of para-hydroxylation sites is 2. The maximum Gasteiger partial charge on any atom is 0.0726 e. The van der Waals surface area contributed by atoms with Gasteiger partial charge in [-0.1, -0.05) is 232 Å². The fraction of sp³-hybridized carbons (Fsp3) is 0.321. The van der Waals surface area contributed by atoms with Gasteiger partial charge in [-0.2, -0.15) is 0 Å². The zero-order valence-corrected chi connectivity index (χ0v) is 36.9. The molecule has 0 aromatic heterocycles. The first kappa shape index (κ1) is 49.1. The first-order chi connectivity index (χ1) is 26.9. The third kappa shape index (κ3) is 9.61. The van der Waals surface area contributed by atoms with Crippen LogP contribution in [0.1, 0.15) is 133 Å². The number of hydrogen-bond acceptors (Lipinski definition) is 1. The van der Waals surface area contributed by atoms with Gasteiger partial charge in [0, 0.05) is 16.9 Å². The molecule has 1 nitrogen and oxygen atoms in total. The van der Waals surface area contributed by atoms with E-state index in [2.05, 4.69) is 157 Å². The van der Waals surface area contributed by atoms with Crippen molar-refractivity contribution in [2.24, 2.45) is 0 Å². The van der Waals surface area contributed by atoms with Crippen molar-refractivity contribution in [3.05, 3.63) is 174 Å². The van der Waals surface area contributed by atoms with Gasteiger partial charge in [0.25, 0.3) is 0 Å². The molecule has 0 radical (unpaired) electrons. The van der Waals surface area contributed by atoms with Gasteiger partial charge in [-0.05, 0) is 69.3 Å². The maximum atomic E-state index is 2.40. The molecule has 1 heteroatoms. The zero-order valence-electron chi connectivity index (χ0n) is 36.9. The minimum absolute atomic E-state index is 0.339. The normalized spacial score (nSPS) is 10.4. The van der Waals surface area contributed by atoms with Gasteiger partial charge >= 0.3 is 0 Å². The van der Waals surface area contributed by atoms with Crippen LogP contribution in [0.5, 0.6) is 0 Å². The lowest BCUT2D eigenvalue weighted by atomic mass is 9.70.